The predicted molar refractivity (Wildman–Crippen MR) is 134 cm³/mol. The van der Waals surface area contributed by atoms with Crippen molar-refractivity contribution in [2.45, 2.75) is 142 Å². The third-order valence-electron chi connectivity index (χ3n) is 13.8. The Labute approximate surface area is 212 Å². The molecule has 0 aromatic carbocycles. The third-order valence-corrected chi connectivity index (χ3v) is 13.8. The van der Waals surface area contributed by atoms with Gasteiger partial charge in [-0.3, -0.25) is 0 Å². The van der Waals surface area contributed by atoms with Gasteiger partial charge in [0.15, 0.2) is 0 Å². The minimum Gasteiger partial charge on any atom is -0.393 e. The van der Waals surface area contributed by atoms with E-state index in [1.54, 1.807) is 0 Å². The molecule has 6 fully saturated rings. The van der Waals surface area contributed by atoms with Crippen LogP contribution in [-0.4, -0.2) is 56.0 Å². The molecule has 6 aliphatic rings. The van der Waals surface area contributed by atoms with Crippen LogP contribution in [0.4, 0.5) is 0 Å². The summed E-state index contributed by atoms with van der Waals surface area (Å²) < 4.78 is 6.66. The monoisotopic (exact) mass is 490 g/mol. The molecule has 5 aliphatic carbocycles. The minimum absolute atomic E-state index is 0.0267. The van der Waals surface area contributed by atoms with Gasteiger partial charge in [0, 0.05) is 5.92 Å². The summed E-state index contributed by atoms with van der Waals surface area (Å²) in [7, 11) is 0. The van der Waals surface area contributed by atoms with Crippen LogP contribution in [0.3, 0.4) is 0 Å². The van der Waals surface area contributed by atoms with E-state index >= 15 is 0 Å². The second-order valence-corrected chi connectivity index (χ2v) is 15.9. The molecule has 0 aromatic rings. The van der Waals surface area contributed by atoms with Crippen LogP contribution in [0.25, 0.3) is 0 Å². The van der Waals surface area contributed by atoms with Crippen molar-refractivity contribution in [1.82, 2.24) is 0 Å². The number of fused-ring (bicyclic) bond motifs is 2. The van der Waals surface area contributed by atoms with Crippen LogP contribution >= 0.6 is 0 Å². The molecule has 1 heterocycles. The molecule has 0 bridgehead atoms. The Morgan fingerprint density at radius 2 is 1.46 bits per heavy atom. The van der Waals surface area contributed by atoms with Gasteiger partial charge in [0.2, 0.25) is 0 Å². The maximum atomic E-state index is 11.7. The van der Waals surface area contributed by atoms with Gasteiger partial charge in [-0.2, -0.15) is 0 Å². The molecule has 5 heteroatoms. The van der Waals surface area contributed by atoms with Gasteiger partial charge in [0.25, 0.3) is 0 Å². The lowest BCUT2D eigenvalue weighted by Crippen LogP contribution is -2.62. The van der Waals surface area contributed by atoms with Gasteiger partial charge < -0.3 is 25.2 Å². The fourth-order valence-corrected chi connectivity index (χ4v) is 12.1. The van der Waals surface area contributed by atoms with Crippen LogP contribution < -0.4 is 0 Å². The van der Waals surface area contributed by atoms with Gasteiger partial charge >= 0.3 is 0 Å². The van der Waals surface area contributed by atoms with Gasteiger partial charge in [0.05, 0.1) is 35.6 Å². The Morgan fingerprint density at radius 1 is 0.771 bits per heavy atom. The summed E-state index contributed by atoms with van der Waals surface area (Å²) in [5, 5.41) is 45.0. The summed E-state index contributed by atoms with van der Waals surface area (Å²) in [4.78, 5) is 0. The predicted octanol–water partition coefficient (Wildman–Crippen LogP) is 4.44. The van der Waals surface area contributed by atoms with Crippen LogP contribution in [0.2, 0.25) is 0 Å². The number of hydrogen-bond acceptors (Lipinski definition) is 5. The summed E-state index contributed by atoms with van der Waals surface area (Å²) in [5.74, 6) is 0.577. The molecule has 5 saturated carbocycles. The van der Waals surface area contributed by atoms with Crippen molar-refractivity contribution in [3.05, 3.63) is 0 Å². The van der Waals surface area contributed by atoms with Crippen molar-refractivity contribution in [2.75, 3.05) is 0 Å². The van der Waals surface area contributed by atoms with Gasteiger partial charge in [-0.05, 0) is 117 Å². The summed E-state index contributed by atoms with van der Waals surface area (Å²) in [6.07, 6.45) is 7.18. The second kappa shape index (κ2) is 6.86. The van der Waals surface area contributed by atoms with Crippen molar-refractivity contribution in [3.8, 4) is 0 Å². The van der Waals surface area contributed by atoms with Crippen molar-refractivity contribution in [2.24, 2.45) is 44.8 Å². The summed E-state index contributed by atoms with van der Waals surface area (Å²) in [5.41, 5.74) is -1.35. The molecular formula is C30H50O5. The smallest absolute Gasteiger partial charge is 0.0865 e. The lowest BCUT2D eigenvalue weighted by atomic mass is 9.41. The highest BCUT2D eigenvalue weighted by atomic mass is 16.5. The van der Waals surface area contributed by atoms with Gasteiger partial charge in [-0.15, -0.1) is 0 Å². The van der Waals surface area contributed by atoms with Crippen molar-refractivity contribution < 1.29 is 25.2 Å². The van der Waals surface area contributed by atoms with Crippen molar-refractivity contribution in [1.29, 1.82) is 0 Å². The molecule has 35 heavy (non-hydrogen) atoms. The zero-order chi connectivity index (χ0) is 25.6. The van der Waals surface area contributed by atoms with Crippen molar-refractivity contribution in [3.63, 3.8) is 0 Å². The molecule has 2 spiro atoms. The van der Waals surface area contributed by atoms with E-state index in [2.05, 4.69) is 34.6 Å². The number of aliphatic hydroxyl groups is 4. The van der Waals surface area contributed by atoms with Crippen LogP contribution in [-0.2, 0) is 4.74 Å². The van der Waals surface area contributed by atoms with Crippen LogP contribution in [0.15, 0.2) is 0 Å². The normalized spacial score (nSPS) is 60.9. The average Bonchev–Trinajstić information content (AvgIpc) is 3.08. The molecular weight excluding hydrogens is 440 g/mol. The first-order valence-corrected chi connectivity index (χ1v) is 14.4. The summed E-state index contributed by atoms with van der Waals surface area (Å²) in [6.45, 7) is 15.0. The fraction of sp³-hybridized carbons (Fsp3) is 1.00. The van der Waals surface area contributed by atoms with E-state index in [-0.39, 0.29) is 51.1 Å². The molecule has 0 aromatic heterocycles. The molecule has 5 nitrogen and oxygen atoms in total. The number of aliphatic hydroxyl groups excluding tert-OH is 3. The Bertz CT molecular complexity index is 911. The Balaban J connectivity index is 1.37. The number of ether oxygens (including phenoxy) is 1. The van der Waals surface area contributed by atoms with E-state index in [0.29, 0.717) is 5.92 Å². The van der Waals surface area contributed by atoms with Crippen LogP contribution in [0.1, 0.15) is 106 Å². The summed E-state index contributed by atoms with van der Waals surface area (Å²) in [6, 6.07) is 0. The van der Waals surface area contributed by atoms with Gasteiger partial charge in [0.1, 0.15) is 0 Å². The first kappa shape index (κ1) is 25.1. The van der Waals surface area contributed by atoms with Gasteiger partial charge in [-0.1, -0.05) is 27.7 Å². The zero-order valence-electron chi connectivity index (χ0n) is 23.1. The van der Waals surface area contributed by atoms with E-state index in [9.17, 15) is 20.4 Å². The molecule has 1 saturated heterocycles. The molecule has 6 rings (SSSR count). The molecule has 12 atom stereocenters. The zero-order valence-corrected chi connectivity index (χ0v) is 23.1. The second-order valence-electron chi connectivity index (χ2n) is 15.9. The molecule has 200 valence electrons. The molecule has 0 unspecified atom stereocenters. The van der Waals surface area contributed by atoms with E-state index in [0.717, 1.165) is 51.4 Å². The molecule has 4 N–H and O–H groups in total. The number of rotatable bonds is 2. The Hall–Kier alpha value is -0.200. The SMILES string of the molecule is CC(C)(O)[C@H]1CC[C@@](C)([C@H]2[C@@H](O)C[C@@]3(C)[C@@H]4C[C@H](O)[C@@H]5C(C)(C)[C@@H](O)CC[C@@]56C[C@@]46CC[C@]23C)O1. The average molecular weight is 491 g/mol. The quantitative estimate of drug-likeness (QED) is 0.460. The summed E-state index contributed by atoms with van der Waals surface area (Å²) >= 11 is 0. The van der Waals surface area contributed by atoms with Gasteiger partial charge in [-0.25, -0.2) is 0 Å². The molecule has 1 aliphatic heterocycles. The lowest BCUT2D eigenvalue weighted by Gasteiger charge is -2.64. The van der Waals surface area contributed by atoms with E-state index in [1.165, 1.54) is 6.42 Å². The van der Waals surface area contributed by atoms with E-state index in [4.69, 9.17) is 4.74 Å². The van der Waals surface area contributed by atoms with E-state index in [1.807, 2.05) is 13.8 Å². The number of hydrogen-bond donors (Lipinski definition) is 4. The Kier molecular flexibility index (Phi) is 4.92. The van der Waals surface area contributed by atoms with Crippen molar-refractivity contribution >= 4 is 0 Å². The largest absolute Gasteiger partial charge is 0.393 e. The maximum absolute atomic E-state index is 11.7. The third kappa shape index (κ3) is 2.78. The standard InChI is InChI=1S/C30H50O5/c1-24(2)20(33)8-11-30-16-29(30)13-12-26(5)23(28(7)10-9-21(35-28)25(3,4)34)18(32)15-27(26,6)19(29)14-17(31)22(24)30/h17-23,31-34H,8-16H2,1-7H3/t17-,18-,19-,20-,21+,22+,23-,26+,27-,28-,29-,30+/m0/s1. The van der Waals surface area contributed by atoms with E-state index < -0.39 is 23.4 Å². The topological polar surface area (TPSA) is 90.2 Å². The maximum Gasteiger partial charge on any atom is 0.0865 e. The highest BCUT2D eigenvalue weighted by Gasteiger charge is 2.84. The highest BCUT2D eigenvalue weighted by Crippen LogP contribution is 2.89. The Morgan fingerprint density at radius 3 is 2.09 bits per heavy atom. The first-order chi connectivity index (χ1) is 16.0. The lowest BCUT2D eigenvalue weighted by molar-refractivity contribution is -0.213. The highest BCUT2D eigenvalue weighted by molar-refractivity contribution is 5.33. The molecule has 0 radical (unpaired) electrons. The minimum atomic E-state index is -0.886. The molecule has 0 amide bonds. The van der Waals surface area contributed by atoms with Crippen LogP contribution in [0.5, 0.6) is 0 Å². The van der Waals surface area contributed by atoms with Crippen LogP contribution in [0, 0.1) is 44.8 Å². The fourth-order valence-electron chi connectivity index (χ4n) is 12.1. The first-order valence-electron chi connectivity index (χ1n) is 14.4.